The fourth-order valence-electron chi connectivity index (χ4n) is 2.13. The minimum absolute atomic E-state index is 0.0461. The molecule has 3 rings (SSSR count). The van der Waals surface area contributed by atoms with Crippen LogP contribution in [0.15, 0.2) is 53.3 Å². The summed E-state index contributed by atoms with van der Waals surface area (Å²) in [5.41, 5.74) is 2.08. The van der Waals surface area contributed by atoms with E-state index < -0.39 is 0 Å². The van der Waals surface area contributed by atoms with Crippen molar-refractivity contribution >= 4 is 11.3 Å². The van der Waals surface area contributed by atoms with Crippen LogP contribution in [-0.2, 0) is 6.42 Å². The summed E-state index contributed by atoms with van der Waals surface area (Å²) in [7, 11) is 0. The Bertz CT molecular complexity index is 834. The zero-order chi connectivity index (χ0) is 15.5. The monoisotopic (exact) mass is 313 g/mol. The van der Waals surface area contributed by atoms with Crippen molar-refractivity contribution in [2.24, 2.45) is 0 Å². The molecule has 4 nitrogen and oxygen atoms in total. The van der Waals surface area contributed by atoms with Crippen LogP contribution in [0.5, 0.6) is 17.4 Å². The summed E-state index contributed by atoms with van der Waals surface area (Å²) in [5, 5.41) is 9.60. The van der Waals surface area contributed by atoms with Gasteiger partial charge in [0.2, 0.25) is 5.88 Å². The van der Waals surface area contributed by atoms with E-state index in [1.165, 1.54) is 0 Å². The maximum atomic E-state index is 11.2. The van der Waals surface area contributed by atoms with Gasteiger partial charge in [0.05, 0.1) is 4.88 Å². The van der Waals surface area contributed by atoms with Crippen LogP contribution in [0.4, 0.5) is 0 Å². The molecule has 0 atom stereocenters. The van der Waals surface area contributed by atoms with E-state index in [0.29, 0.717) is 11.3 Å². The molecule has 1 heterocycles. The standard InChI is InChI=1S/C17H15NO3S/c1-11-4-2-3-5-14(11)21-13-8-6-12(7-9-13)10-15-16(19)18-17(20)22-15/h2-9,19H,10H2,1H3,(H,18,20). The number of nitrogens with one attached hydrogen (secondary N) is 1. The van der Waals surface area contributed by atoms with Gasteiger partial charge in [-0.05, 0) is 36.2 Å². The number of aromatic amines is 1. The van der Waals surface area contributed by atoms with Crippen molar-refractivity contribution in [3.05, 3.63) is 74.2 Å². The number of hydrogen-bond donors (Lipinski definition) is 2. The normalized spacial score (nSPS) is 10.6. The summed E-state index contributed by atoms with van der Waals surface area (Å²) >= 11 is 1.03. The summed E-state index contributed by atoms with van der Waals surface area (Å²) in [4.78, 5) is 13.9. The van der Waals surface area contributed by atoms with Gasteiger partial charge >= 0.3 is 4.87 Å². The van der Waals surface area contributed by atoms with Crippen molar-refractivity contribution in [2.45, 2.75) is 13.3 Å². The highest BCUT2D eigenvalue weighted by Crippen LogP contribution is 2.26. The van der Waals surface area contributed by atoms with Gasteiger partial charge in [-0.25, -0.2) is 0 Å². The third-order valence-electron chi connectivity index (χ3n) is 3.31. The predicted molar refractivity (Wildman–Crippen MR) is 87.1 cm³/mol. The van der Waals surface area contributed by atoms with Gasteiger partial charge in [0.25, 0.3) is 0 Å². The van der Waals surface area contributed by atoms with Gasteiger partial charge in [0.15, 0.2) is 0 Å². The number of thiazole rings is 1. The summed E-state index contributed by atoms with van der Waals surface area (Å²) in [6.45, 7) is 2.00. The smallest absolute Gasteiger partial charge is 0.307 e. The van der Waals surface area contributed by atoms with E-state index in [4.69, 9.17) is 4.74 Å². The maximum Gasteiger partial charge on any atom is 0.307 e. The highest BCUT2D eigenvalue weighted by molar-refractivity contribution is 7.09. The molecule has 1 aromatic heterocycles. The maximum absolute atomic E-state index is 11.2. The lowest BCUT2D eigenvalue weighted by atomic mass is 10.1. The van der Waals surface area contributed by atoms with Crippen LogP contribution in [-0.4, -0.2) is 10.1 Å². The zero-order valence-corrected chi connectivity index (χ0v) is 12.8. The van der Waals surface area contributed by atoms with Gasteiger partial charge in [0.1, 0.15) is 11.5 Å². The molecule has 2 N–H and O–H groups in total. The fourth-order valence-corrected chi connectivity index (χ4v) is 2.89. The first-order valence-corrected chi connectivity index (χ1v) is 7.67. The molecule has 0 fully saturated rings. The molecule has 0 aliphatic rings. The van der Waals surface area contributed by atoms with E-state index in [1.54, 1.807) is 0 Å². The minimum atomic E-state index is -0.244. The molecule has 0 aliphatic heterocycles. The SMILES string of the molecule is Cc1ccccc1Oc1ccc(Cc2sc(=O)[nH]c2O)cc1. The third-order valence-corrected chi connectivity index (χ3v) is 4.18. The number of aromatic hydroxyl groups is 1. The molecule has 112 valence electrons. The van der Waals surface area contributed by atoms with E-state index in [0.717, 1.165) is 34.0 Å². The van der Waals surface area contributed by atoms with E-state index in [9.17, 15) is 9.90 Å². The quantitative estimate of drug-likeness (QED) is 0.769. The van der Waals surface area contributed by atoms with E-state index in [1.807, 2.05) is 55.5 Å². The largest absolute Gasteiger partial charge is 0.494 e. The van der Waals surface area contributed by atoms with Gasteiger partial charge in [-0.1, -0.05) is 41.7 Å². The molecule has 0 saturated heterocycles. The molecule has 5 heteroatoms. The molecule has 0 spiro atoms. The summed E-state index contributed by atoms with van der Waals surface area (Å²) in [6.07, 6.45) is 0.514. The molecule has 0 amide bonds. The second-order valence-corrected chi connectivity index (χ2v) is 6.04. The number of ether oxygens (including phenoxy) is 1. The number of aryl methyl sites for hydroxylation is 1. The van der Waals surface area contributed by atoms with Gasteiger partial charge < -0.3 is 9.84 Å². The number of hydrogen-bond acceptors (Lipinski definition) is 4. The fraction of sp³-hybridized carbons (Fsp3) is 0.118. The lowest BCUT2D eigenvalue weighted by molar-refractivity contribution is 0.451. The van der Waals surface area contributed by atoms with Crippen LogP contribution in [0.1, 0.15) is 16.0 Å². The third kappa shape index (κ3) is 3.20. The molecule has 0 aliphatic carbocycles. The van der Waals surface area contributed by atoms with Crippen molar-refractivity contribution in [2.75, 3.05) is 0 Å². The molecule has 0 bridgehead atoms. The number of aromatic nitrogens is 1. The zero-order valence-electron chi connectivity index (χ0n) is 12.0. The van der Waals surface area contributed by atoms with Gasteiger partial charge in [0, 0.05) is 6.42 Å². The Kier molecular flexibility index (Phi) is 3.98. The first-order valence-electron chi connectivity index (χ1n) is 6.85. The highest BCUT2D eigenvalue weighted by Gasteiger charge is 2.08. The molecule has 2 aromatic carbocycles. The average molecular weight is 313 g/mol. The highest BCUT2D eigenvalue weighted by atomic mass is 32.1. The minimum Gasteiger partial charge on any atom is -0.494 e. The Hall–Kier alpha value is -2.53. The van der Waals surface area contributed by atoms with E-state index in [-0.39, 0.29) is 10.8 Å². The Balaban J connectivity index is 1.74. The van der Waals surface area contributed by atoms with Crippen LogP contribution in [0.3, 0.4) is 0 Å². The van der Waals surface area contributed by atoms with Gasteiger partial charge in [-0.3, -0.25) is 9.78 Å². The van der Waals surface area contributed by atoms with Crippen molar-refractivity contribution < 1.29 is 9.84 Å². The topological polar surface area (TPSA) is 62.3 Å². The molecular weight excluding hydrogens is 298 g/mol. The first-order chi connectivity index (χ1) is 10.6. The lowest BCUT2D eigenvalue weighted by Gasteiger charge is -2.09. The number of H-pyrrole nitrogens is 1. The van der Waals surface area contributed by atoms with E-state index in [2.05, 4.69) is 4.98 Å². The van der Waals surface area contributed by atoms with Crippen LogP contribution in [0.25, 0.3) is 0 Å². The first kappa shape index (κ1) is 14.4. The number of rotatable bonds is 4. The van der Waals surface area contributed by atoms with E-state index >= 15 is 0 Å². The van der Waals surface area contributed by atoms with Crippen molar-refractivity contribution in [1.29, 1.82) is 0 Å². The molecule has 3 aromatic rings. The molecule has 0 unspecified atom stereocenters. The Labute approximate surface area is 131 Å². The second-order valence-electron chi connectivity index (χ2n) is 4.97. The van der Waals surface area contributed by atoms with Gasteiger partial charge in [-0.2, -0.15) is 0 Å². The summed E-state index contributed by atoms with van der Waals surface area (Å²) < 4.78 is 5.84. The Morgan fingerprint density at radius 1 is 1.14 bits per heavy atom. The van der Waals surface area contributed by atoms with Gasteiger partial charge in [-0.15, -0.1) is 0 Å². The number of para-hydroxylation sites is 1. The Morgan fingerprint density at radius 3 is 2.50 bits per heavy atom. The second kappa shape index (κ2) is 6.07. The average Bonchev–Trinajstić information content (AvgIpc) is 2.81. The summed E-state index contributed by atoms with van der Waals surface area (Å²) in [5.74, 6) is 1.54. The van der Waals surface area contributed by atoms with Crippen LogP contribution in [0, 0.1) is 6.92 Å². The molecule has 0 radical (unpaired) electrons. The van der Waals surface area contributed by atoms with Crippen molar-refractivity contribution in [3.8, 4) is 17.4 Å². The van der Waals surface area contributed by atoms with Crippen LogP contribution >= 0.6 is 11.3 Å². The van der Waals surface area contributed by atoms with Crippen molar-refractivity contribution in [3.63, 3.8) is 0 Å². The van der Waals surface area contributed by atoms with Crippen LogP contribution in [0.2, 0.25) is 0 Å². The Morgan fingerprint density at radius 2 is 1.86 bits per heavy atom. The molecule has 0 saturated carbocycles. The molecular formula is C17H15NO3S. The number of benzene rings is 2. The predicted octanol–water partition coefficient (Wildman–Crippen LogP) is 3.83. The van der Waals surface area contributed by atoms with Crippen molar-refractivity contribution in [1.82, 2.24) is 4.98 Å². The lowest BCUT2D eigenvalue weighted by Crippen LogP contribution is -1.89. The summed E-state index contributed by atoms with van der Waals surface area (Å²) in [6, 6.07) is 15.5. The molecule has 22 heavy (non-hydrogen) atoms. The van der Waals surface area contributed by atoms with Crippen LogP contribution < -0.4 is 9.61 Å².